The Hall–Kier alpha value is -0.830. The number of rotatable bonds is 0. The van der Waals surface area contributed by atoms with Crippen LogP contribution < -0.4 is 0 Å². The summed E-state index contributed by atoms with van der Waals surface area (Å²) in [7, 11) is 0. The van der Waals surface area contributed by atoms with Gasteiger partial charge in [0.15, 0.2) is 0 Å². The third-order valence-corrected chi connectivity index (χ3v) is 1.44. The van der Waals surface area contributed by atoms with Crippen molar-refractivity contribution >= 4 is 5.91 Å². The topological polar surface area (TPSA) is 40.5 Å². The number of allylic oxidation sites excluding steroid dienone is 2. The highest BCUT2D eigenvalue weighted by atomic mass is 16.5. The molecule has 1 rings (SSSR count). The van der Waals surface area contributed by atoms with Gasteiger partial charge in [-0.15, -0.1) is 0 Å². The van der Waals surface area contributed by atoms with Crippen molar-refractivity contribution in [2.45, 2.75) is 19.8 Å². The van der Waals surface area contributed by atoms with Crippen molar-refractivity contribution in [3.8, 4) is 0 Å². The third-order valence-electron chi connectivity index (χ3n) is 1.44. The molecule has 3 nitrogen and oxygen atoms in total. The van der Waals surface area contributed by atoms with Gasteiger partial charge in [0.05, 0.1) is 0 Å². The molecule has 50 valence electrons. The van der Waals surface area contributed by atoms with Crippen LogP contribution in [-0.4, -0.2) is 16.2 Å². The lowest BCUT2D eigenvalue weighted by atomic mass is 10.3. The van der Waals surface area contributed by atoms with Gasteiger partial charge in [0.2, 0.25) is 0 Å². The number of hydroxylamine groups is 2. The average molecular weight is 127 g/mol. The first kappa shape index (κ1) is 6.29. The smallest absolute Gasteiger partial charge is 0.250 e. The summed E-state index contributed by atoms with van der Waals surface area (Å²) in [5.41, 5.74) is 0.708. The molecule has 1 aliphatic rings. The summed E-state index contributed by atoms with van der Waals surface area (Å²) in [6.45, 7) is 1.80. The first-order valence-electron chi connectivity index (χ1n) is 2.92. The van der Waals surface area contributed by atoms with Crippen molar-refractivity contribution in [2.24, 2.45) is 0 Å². The van der Waals surface area contributed by atoms with E-state index in [2.05, 4.69) is 0 Å². The molecule has 1 N–H and O–H groups in total. The van der Waals surface area contributed by atoms with Crippen molar-refractivity contribution in [1.82, 2.24) is 5.06 Å². The van der Waals surface area contributed by atoms with Crippen molar-refractivity contribution in [3.63, 3.8) is 0 Å². The minimum absolute atomic E-state index is 0.205. The largest absolute Gasteiger partial charge is 0.281 e. The zero-order chi connectivity index (χ0) is 6.85. The van der Waals surface area contributed by atoms with E-state index in [9.17, 15) is 4.79 Å². The lowest BCUT2D eigenvalue weighted by molar-refractivity contribution is -0.151. The summed E-state index contributed by atoms with van der Waals surface area (Å²) in [5.74, 6) is -0.205. The van der Waals surface area contributed by atoms with E-state index in [1.807, 2.05) is 0 Å². The van der Waals surface area contributed by atoms with E-state index in [1.54, 1.807) is 13.0 Å². The van der Waals surface area contributed by atoms with Crippen LogP contribution in [0.25, 0.3) is 0 Å². The molecule has 9 heavy (non-hydrogen) atoms. The van der Waals surface area contributed by atoms with Crippen LogP contribution in [0.1, 0.15) is 19.8 Å². The fourth-order valence-electron chi connectivity index (χ4n) is 0.874. The Balaban J connectivity index is 2.73. The number of carbonyl (C=O) groups excluding carboxylic acids is 1. The first-order valence-corrected chi connectivity index (χ1v) is 2.92. The van der Waals surface area contributed by atoms with E-state index in [0.29, 0.717) is 18.5 Å². The molecule has 1 heterocycles. The zero-order valence-corrected chi connectivity index (χ0v) is 5.29. The summed E-state index contributed by atoms with van der Waals surface area (Å²) < 4.78 is 0. The molecule has 1 amide bonds. The fraction of sp³-hybridized carbons (Fsp3) is 0.500. The normalized spacial score (nSPS) is 24.0. The van der Waals surface area contributed by atoms with Gasteiger partial charge < -0.3 is 0 Å². The third kappa shape index (κ3) is 0.954. The summed E-state index contributed by atoms with van der Waals surface area (Å²) in [4.78, 5) is 10.6. The second-order valence-corrected chi connectivity index (χ2v) is 1.99. The maximum absolute atomic E-state index is 10.6. The lowest BCUT2D eigenvalue weighted by Crippen LogP contribution is -2.17. The Morgan fingerprint density at radius 2 is 2.33 bits per heavy atom. The van der Waals surface area contributed by atoms with Crippen LogP contribution in [0.3, 0.4) is 0 Å². The van der Waals surface area contributed by atoms with Crippen LogP contribution in [0, 0.1) is 0 Å². The molecule has 1 aliphatic heterocycles. The van der Waals surface area contributed by atoms with E-state index in [0.717, 1.165) is 5.06 Å². The van der Waals surface area contributed by atoms with E-state index in [-0.39, 0.29) is 5.91 Å². The molecule has 0 aliphatic carbocycles. The van der Waals surface area contributed by atoms with Gasteiger partial charge in [0.1, 0.15) is 0 Å². The minimum Gasteiger partial charge on any atom is -0.281 e. The second-order valence-electron chi connectivity index (χ2n) is 1.99. The molecule has 0 atom stereocenters. The maximum atomic E-state index is 10.6. The van der Waals surface area contributed by atoms with Crippen molar-refractivity contribution < 1.29 is 10.0 Å². The van der Waals surface area contributed by atoms with E-state index in [1.165, 1.54) is 0 Å². The van der Waals surface area contributed by atoms with Crippen LogP contribution in [-0.2, 0) is 4.79 Å². The highest BCUT2D eigenvalue weighted by Crippen LogP contribution is 2.18. The summed E-state index contributed by atoms with van der Waals surface area (Å²) in [5, 5.41) is 9.60. The first-order chi connectivity index (χ1) is 4.25. The minimum atomic E-state index is -0.205. The van der Waals surface area contributed by atoms with Gasteiger partial charge in [-0.3, -0.25) is 10.0 Å². The Morgan fingerprint density at radius 3 is 2.56 bits per heavy atom. The maximum Gasteiger partial charge on any atom is 0.250 e. The van der Waals surface area contributed by atoms with Gasteiger partial charge in [-0.2, -0.15) is 5.06 Å². The van der Waals surface area contributed by atoms with Crippen LogP contribution >= 0.6 is 0 Å². The molecule has 0 aromatic heterocycles. The molecule has 0 unspecified atom stereocenters. The quantitative estimate of drug-likeness (QED) is 0.491. The summed E-state index contributed by atoms with van der Waals surface area (Å²) in [6, 6.07) is 0. The van der Waals surface area contributed by atoms with E-state index >= 15 is 0 Å². The van der Waals surface area contributed by atoms with Gasteiger partial charge in [0.25, 0.3) is 5.91 Å². The Morgan fingerprint density at radius 1 is 1.67 bits per heavy atom. The van der Waals surface area contributed by atoms with Crippen LogP contribution in [0.5, 0.6) is 0 Å². The van der Waals surface area contributed by atoms with E-state index < -0.39 is 0 Å². The molecule has 3 heteroatoms. The predicted molar refractivity (Wildman–Crippen MR) is 31.6 cm³/mol. The monoisotopic (exact) mass is 127 g/mol. The van der Waals surface area contributed by atoms with Gasteiger partial charge in [-0.05, 0) is 13.3 Å². The number of carbonyl (C=O) groups is 1. The average Bonchev–Trinajstić information content (AvgIpc) is 2.15. The Kier molecular flexibility index (Phi) is 1.53. The number of hydrogen-bond acceptors (Lipinski definition) is 2. The Labute approximate surface area is 53.5 Å². The summed E-state index contributed by atoms with van der Waals surface area (Å²) >= 11 is 0. The highest BCUT2D eigenvalue weighted by Gasteiger charge is 2.22. The van der Waals surface area contributed by atoms with Crippen molar-refractivity contribution in [1.29, 1.82) is 0 Å². The SMILES string of the molecule is CC=C1CCC(=O)N1O. The van der Waals surface area contributed by atoms with Crippen LogP contribution in [0.15, 0.2) is 11.8 Å². The molecule has 0 bridgehead atoms. The lowest BCUT2D eigenvalue weighted by Gasteiger charge is -2.05. The zero-order valence-electron chi connectivity index (χ0n) is 5.29. The molecule has 0 aromatic rings. The Bertz CT molecular complexity index is 162. The van der Waals surface area contributed by atoms with Gasteiger partial charge in [0, 0.05) is 12.1 Å². The number of hydrogen-bond donors (Lipinski definition) is 1. The van der Waals surface area contributed by atoms with Gasteiger partial charge >= 0.3 is 0 Å². The summed E-state index contributed by atoms with van der Waals surface area (Å²) in [6.07, 6.45) is 2.85. The second kappa shape index (κ2) is 2.19. The molecule has 0 saturated carbocycles. The van der Waals surface area contributed by atoms with Crippen molar-refractivity contribution in [2.75, 3.05) is 0 Å². The standard InChI is InChI=1S/C6H9NO2/c1-2-5-3-4-6(8)7(5)9/h2,9H,3-4H2,1H3. The number of amides is 1. The number of nitrogens with zero attached hydrogens (tertiary/aromatic N) is 1. The fourth-order valence-corrected chi connectivity index (χ4v) is 0.874. The molecule has 0 radical (unpaired) electrons. The molecule has 0 aromatic carbocycles. The van der Waals surface area contributed by atoms with E-state index in [4.69, 9.17) is 5.21 Å². The van der Waals surface area contributed by atoms with Crippen molar-refractivity contribution in [3.05, 3.63) is 11.8 Å². The van der Waals surface area contributed by atoms with Crippen LogP contribution in [0.2, 0.25) is 0 Å². The predicted octanol–water partition coefficient (Wildman–Crippen LogP) is 0.902. The molecule has 0 spiro atoms. The molecular formula is C6H9NO2. The van der Waals surface area contributed by atoms with Crippen LogP contribution in [0.4, 0.5) is 0 Å². The van der Waals surface area contributed by atoms with Gasteiger partial charge in [-0.1, -0.05) is 6.08 Å². The molecule has 1 saturated heterocycles. The molecule has 1 fully saturated rings. The van der Waals surface area contributed by atoms with Gasteiger partial charge in [-0.25, -0.2) is 0 Å². The molecular weight excluding hydrogens is 118 g/mol. The highest BCUT2D eigenvalue weighted by molar-refractivity contribution is 5.79.